The molecule has 0 radical (unpaired) electrons. The van der Waals surface area contributed by atoms with Crippen molar-refractivity contribution in [2.75, 3.05) is 7.11 Å². The van der Waals surface area contributed by atoms with E-state index in [1.807, 2.05) is 0 Å². The fourth-order valence-corrected chi connectivity index (χ4v) is 3.51. The standard InChI is InChI=1S/C10H18O3S/c1-8(10(11)13-2)14(12)9-6-4-3-5-7-9/h8-9H,3-7H2,1-2H3. The van der Waals surface area contributed by atoms with Crippen molar-refractivity contribution in [3.8, 4) is 0 Å². The lowest BCUT2D eigenvalue weighted by Crippen LogP contribution is -2.32. The second kappa shape index (κ2) is 5.49. The van der Waals surface area contributed by atoms with Crippen LogP contribution in [0.2, 0.25) is 0 Å². The molecular weight excluding hydrogens is 200 g/mol. The van der Waals surface area contributed by atoms with E-state index in [-0.39, 0.29) is 11.2 Å². The highest BCUT2D eigenvalue weighted by molar-refractivity contribution is 7.87. The summed E-state index contributed by atoms with van der Waals surface area (Å²) < 4.78 is 16.5. The summed E-state index contributed by atoms with van der Waals surface area (Å²) in [6.07, 6.45) is 5.51. The van der Waals surface area contributed by atoms with Gasteiger partial charge in [0.1, 0.15) is 5.25 Å². The Morgan fingerprint density at radius 2 is 1.93 bits per heavy atom. The average molecular weight is 218 g/mol. The van der Waals surface area contributed by atoms with Crippen molar-refractivity contribution in [2.45, 2.75) is 49.5 Å². The quantitative estimate of drug-likeness (QED) is 0.676. The van der Waals surface area contributed by atoms with Crippen LogP contribution in [0.3, 0.4) is 0 Å². The Morgan fingerprint density at radius 1 is 1.36 bits per heavy atom. The van der Waals surface area contributed by atoms with Gasteiger partial charge in [-0.2, -0.15) is 0 Å². The minimum absolute atomic E-state index is 0.206. The van der Waals surface area contributed by atoms with Crippen LogP contribution in [0, 0.1) is 0 Å². The summed E-state index contributed by atoms with van der Waals surface area (Å²) in [5.41, 5.74) is 0. The van der Waals surface area contributed by atoms with Crippen LogP contribution in [0.1, 0.15) is 39.0 Å². The lowest BCUT2D eigenvalue weighted by Gasteiger charge is -2.23. The normalized spacial score (nSPS) is 22.7. The zero-order chi connectivity index (χ0) is 10.6. The van der Waals surface area contributed by atoms with Crippen LogP contribution in [0.25, 0.3) is 0 Å². The SMILES string of the molecule is COC(=O)C(C)S(=O)C1CCCCC1. The van der Waals surface area contributed by atoms with Gasteiger partial charge in [-0.25, -0.2) is 0 Å². The number of carbonyl (C=O) groups is 1. The molecule has 0 heterocycles. The first-order valence-electron chi connectivity index (χ1n) is 5.14. The van der Waals surface area contributed by atoms with E-state index in [0.29, 0.717) is 0 Å². The molecule has 14 heavy (non-hydrogen) atoms. The molecule has 0 spiro atoms. The minimum atomic E-state index is -1.06. The summed E-state index contributed by atoms with van der Waals surface area (Å²) in [6.45, 7) is 1.69. The Labute approximate surface area is 87.7 Å². The van der Waals surface area contributed by atoms with Gasteiger partial charge in [-0.3, -0.25) is 9.00 Å². The third kappa shape index (κ3) is 2.80. The molecule has 1 fully saturated rings. The van der Waals surface area contributed by atoms with Crippen molar-refractivity contribution >= 4 is 16.8 Å². The number of hydrogen-bond donors (Lipinski definition) is 0. The van der Waals surface area contributed by atoms with Crippen LogP contribution in [0.5, 0.6) is 0 Å². The van der Waals surface area contributed by atoms with E-state index in [0.717, 1.165) is 25.7 Å². The van der Waals surface area contributed by atoms with E-state index in [9.17, 15) is 9.00 Å². The highest BCUT2D eigenvalue weighted by Gasteiger charge is 2.28. The number of esters is 1. The fraction of sp³-hybridized carbons (Fsp3) is 0.900. The Hall–Kier alpha value is -0.380. The van der Waals surface area contributed by atoms with E-state index >= 15 is 0 Å². The maximum Gasteiger partial charge on any atom is 0.321 e. The molecule has 0 aromatic heterocycles. The largest absolute Gasteiger partial charge is 0.468 e. The van der Waals surface area contributed by atoms with Crippen molar-refractivity contribution in [3.63, 3.8) is 0 Å². The molecule has 0 aliphatic heterocycles. The second-order valence-corrected chi connectivity index (χ2v) is 5.78. The van der Waals surface area contributed by atoms with Crippen molar-refractivity contribution in [1.29, 1.82) is 0 Å². The van der Waals surface area contributed by atoms with E-state index in [2.05, 4.69) is 4.74 Å². The first-order chi connectivity index (χ1) is 6.66. The molecule has 1 aliphatic rings. The molecule has 0 aromatic rings. The second-order valence-electron chi connectivity index (χ2n) is 3.75. The molecule has 0 amide bonds. The summed E-state index contributed by atoms with van der Waals surface area (Å²) in [5, 5.41) is -0.263. The number of methoxy groups -OCH3 is 1. The highest BCUT2D eigenvalue weighted by atomic mass is 32.2. The Balaban J connectivity index is 2.50. The van der Waals surface area contributed by atoms with E-state index in [1.165, 1.54) is 13.5 Å². The van der Waals surface area contributed by atoms with Crippen molar-refractivity contribution in [1.82, 2.24) is 0 Å². The molecule has 1 aliphatic carbocycles. The molecule has 2 unspecified atom stereocenters. The topological polar surface area (TPSA) is 43.4 Å². The summed E-state index contributed by atoms with van der Waals surface area (Å²) in [6, 6.07) is 0. The molecule has 1 rings (SSSR count). The smallest absolute Gasteiger partial charge is 0.321 e. The first-order valence-corrected chi connectivity index (χ1v) is 6.41. The van der Waals surface area contributed by atoms with Gasteiger partial charge >= 0.3 is 5.97 Å². The lowest BCUT2D eigenvalue weighted by molar-refractivity contribution is -0.139. The number of hydrogen-bond acceptors (Lipinski definition) is 3. The summed E-state index contributed by atoms with van der Waals surface area (Å²) in [5.74, 6) is -0.353. The van der Waals surface area contributed by atoms with Crippen LogP contribution >= 0.6 is 0 Å². The predicted molar refractivity (Wildman–Crippen MR) is 56.5 cm³/mol. The molecule has 0 saturated heterocycles. The van der Waals surface area contributed by atoms with Gasteiger partial charge in [0.2, 0.25) is 0 Å². The van der Waals surface area contributed by atoms with Crippen LogP contribution in [-0.4, -0.2) is 27.8 Å². The van der Waals surface area contributed by atoms with Gasteiger partial charge < -0.3 is 4.74 Å². The molecule has 82 valence electrons. The maximum absolute atomic E-state index is 11.9. The van der Waals surface area contributed by atoms with Crippen LogP contribution in [-0.2, 0) is 20.3 Å². The van der Waals surface area contributed by atoms with E-state index in [4.69, 9.17) is 0 Å². The third-order valence-corrected chi connectivity index (χ3v) is 4.78. The summed E-state index contributed by atoms with van der Waals surface area (Å²) in [4.78, 5) is 11.2. The maximum atomic E-state index is 11.9. The third-order valence-electron chi connectivity index (χ3n) is 2.76. The van der Waals surface area contributed by atoms with E-state index < -0.39 is 16.0 Å². The van der Waals surface area contributed by atoms with Gasteiger partial charge in [-0.05, 0) is 19.8 Å². The Kier molecular flexibility index (Phi) is 4.58. The number of carbonyl (C=O) groups excluding carboxylic acids is 1. The zero-order valence-corrected chi connectivity index (χ0v) is 9.64. The molecule has 0 bridgehead atoms. The van der Waals surface area contributed by atoms with Crippen molar-refractivity contribution in [3.05, 3.63) is 0 Å². The van der Waals surface area contributed by atoms with Gasteiger partial charge in [0.05, 0.1) is 7.11 Å². The van der Waals surface area contributed by atoms with Gasteiger partial charge in [0.15, 0.2) is 0 Å². The molecule has 2 atom stereocenters. The molecule has 1 saturated carbocycles. The molecule has 0 aromatic carbocycles. The van der Waals surface area contributed by atoms with Gasteiger partial charge in [0, 0.05) is 16.0 Å². The number of rotatable bonds is 3. The van der Waals surface area contributed by atoms with Crippen LogP contribution in [0.15, 0.2) is 0 Å². The molecule has 0 N–H and O–H groups in total. The van der Waals surface area contributed by atoms with Crippen molar-refractivity contribution in [2.24, 2.45) is 0 Å². The zero-order valence-electron chi connectivity index (χ0n) is 8.82. The van der Waals surface area contributed by atoms with Gasteiger partial charge in [0.25, 0.3) is 0 Å². The molecular formula is C10H18O3S. The highest BCUT2D eigenvalue weighted by Crippen LogP contribution is 2.24. The summed E-state index contributed by atoms with van der Waals surface area (Å²) in [7, 11) is 0.288. The van der Waals surface area contributed by atoms with Gasteiger partial charge in [-0.15, -0.1) is 0 Å². The minimum Gasteiger partial charge on any atom is -0.468 e. The predicted octanol–water partition coefficient (Wildman–Crippen LogP) is 1.63. The number of ether oxygens (including phenoxy) is 1. The fourth-order valence-electron chi connectivity index (χ4n) is 1.85. The first kappa shape index (κ1) is 11.7. The molecule has 3 nitrogen and oxygen atoms in total. The average Bonchev–Trinajstić information content (AvgIpc) is 2.27. The van der Waals surface area contributed by atoms with Gasteiger partial charge in [-0.1, -0.05) is 19.3 Å². The van der Waals surface area contributed by atoms with E-state index in [1.54, 1.807) is 6.92 Å². The Morgan fingerprint density at radius 3 is 2.43 bits per heavy atom. The summed E-state index contributed by atoms with van der Waals surface area (Å²) >= 11 is 0. The van der Waals surface area contributed by atoms with Crippen LogP contribution < -0.4 is 0 Å². The Bertz CT molecular complexity index is 221. The monoisotopic (exact) mass is 218 g/mol. The van der Waals surface area contributed by atoms with Crippen LogP contribution in [0.4, 0.5) is 0 Å². The lowest BCUT2D eigenvalue weighted by atomic mass is 10.0. The van der Waals surface area contributed by atoms with Crippen molar-refractivity contribution < 1.29 is 13.7 Å². The molecule has 4 heteroatoms.